The zero-order chi connectivity index (χ0) is 19.7. The lowest BCUT2D eigenvalue weighted by molar-refractivity contribution is -0.143. The van der Waals surface area contributed by atoms with Crippen LogP contribution in [-0.4, -0.2) is 45.5 Å². The molecule has 0 spiro atoms. The third-order valence-electron chi connectivity index (χ3n) is 5.20. The molecule has 4 rings (SSSR count). The summed E-state index contributed by atoms with van der Waals surface area (Å²) in [6, 6.07) is 12.2. The molecule has 1 amide bonds. The van der Waals surface area contributed by atoms with E-state index in [1.165, 1.54) is 12.1 Å². The maximum Gasteiger partial charge on any atom is 0.223 e. The number of carbonyl (C=O) groups excluding carboxylic acids is 1. The highest BCUT2D eigenvalue weighted by molar-refractivity contribution is 5.78. The van der Waals surface area contributed by atoms with Gasteiger partial charge in [-0.05, 0) is 43.7 Å². The van der Waals surface area contributed by atoms with E-state index >= 15 is 0 Å². The van der Waals surface area contributed by atoms with Crippen LogP contribution in [0.15, 0.2) is 54.9 Å². The van der Waals surface area contributed by atoms with Gasteiger partial charge >= 0.3 is 0 Å². The molecule has 1 aliphatic rings. The van der Waals surface area contributed by atoms with Crippen molar-refractivity contribution in [2.45, 2.75) is 38.4 Å². The van der Waals surface area contributed by atoms with E-state index in [9.17, 15) is 9.18 Å². The van der Waals surface area contributed by atoms with Crippen molar-refractivity contribution in [3.05, 3.63) is 71.9 Å². The van der Waals surface area contributed by atoms with Crippen LogP contribution < -0.4 is 0 Å². The molecule has 3 heterocycles. The molecule has 3 atom stereocenters. The lowest BCUT2D eigenvalue weighted by atomic mass is 9.91. The normalized spacial score (nSPS) is 21.0. The first kappa shape index (κ1) is 18.6. The summed E-state index contributed by atoms with van der Waals surface area (Å²) in [6.07, 6.45) is 3.98. The number of benzene rings is 1. The van der Waals surface area contributed by atoms with Gasteiger partial charge in [0.25, 0.3) is 0 Å². The van der Waals surface area contributed by atoms with E-state index in [1.807, 2.05) is 53.6 Å². The summed E-state index contributed by atoms with van der Waals surface area (Å²) in [4.78, 5) is 19.4. The molecule has 5 nitrogen and oxygen atoms in total. The van der Waals surface area contributed by atoms with E-state index in [2.05, 4.69) is 4.98 Å². The molecule has 2 aromatic heterocycles. The minimum absolute atomic E-state index is 0.0103. The number of halogens is 1. The average molecular weight is 381 g/mol. The largest absolute Gasteiger partial charge is 0.372 e. The molecular weight excluding hydrogens is 357 g/mol. The Morgan fingerprint density at radius 1 is 1.21 bits per heavy atom. The Bertz CT molecular complexity index is 977. The Kier molecular flexibility index (Phi) is 5.13. The van der Waals surface area contributed by atoms with E-state index in [-0.39, 0.29) is 36.3 Å². The van der Waals surface area contributed by atoms with E-state index in [4.69, 9.17) is 4.74 Å². The average Bonchev–Trinajstić information content (AvgIpc) is 3.09. The van der Waals surface area contributed by atoms with Crippen molar-refractivity contribution in [2.24, 2.45) is 0 Å². The zero-order valence-corrected chi connectivity index (χ0v) is 16.1. The molecule has 1 saturated heterocycles. The van der Waals surface area contributed by atoms with Crippen LogP contribution >= 0.6 is 0 Å². The first-order valence-electron chi connectivity index (χ1n) is 9.62. The van der Waals surface area contributed by atoms with E-state index in [0.29, 0.717) is 13.1 Å². The summed E-state index contributed by atoms with van der Waals surface area (Å²) in [5, 5.41) is 0. The highest BCUT2D eigenvalue weighted by Crippen LogP contribution is 2.30. The van der Waals surface area contributed by atoms with Gasteiger partial charge in [0, 0.05) is 37.8 Å². The summed E-state index contributed by atoms with van der Waals surface area (Å²) in [7, 11) is 0. The molecule has 0 radical (unpaired) electrons. The summed E-state index contributed by atoms with van der Waals surface area (Å²) in [6.45, 7) is 5.10. The second-order valence-corrected chi connectivity index (χ2v) is 7.48. The number of ether oxygens (including phenoxy) is 1. The van der Waals surface area contributed by atoms with Gasteiger partial charge in [-0.1, -0.05) is 18.2 Å². The molecule has 3 unspecified atom stereocenters. The van der Waals surface area contributed by atoms with Gasteiger partial charge in [-0.2, -0.15) is 0 Å². The Morgan fingerprint density at radius 2 is 2.00 bits per heavy atom. The number of morpholine rings is 1. The number of imidazole rings is 1. The van der Waals surface area contributed by atoms with Gasteiger partial charge in [-0.3, -0.25) is 4.79 Å². The van der Waals surface area contributed by atoms with Crippen molar-refractivity contribution in [3.63, 3.8) is 0 Å². The summed E-state index contributed by atoms with van der Waals surface area (Å²) >= 11 is 0. The van der Waals surface area contributed by atoms with Crippen molar-refractivity contribution in [3.8, 4) is 0 Å². The van der Waals surface area contributed by atoms with Crippen molar-refractivity contribution in [1.29, 1.82) is 0 Å². The number of pyridine rings is 1. The quantitative estimate of drug-likeness (QED) is 0.693. The third-order valence-corrected chi connectivity index (χ3v) is 5.20. The van der Waals surface area contributed by atoms with Crippen LogP contribution in [0.3, 0.4) is 0 Å². The van der Waals surface area contributed by atoms with Gasteiger partial charge in [0.2, 0.25) is 5.91 Å². The highest BCUT2D eigenvalue weighted by atomic mass is 19.1. The summed E-state index contributed by atoms with van der Waals surface area (Å²) in [5.74, 6) is -0.548. The van der Waals surface area contributed by atoms with Crippen LogP contribution in [0.1, 0.15) is 37.4 Å². The lowest BCUT2D eigenvalue weighted by Gasteiger charge is -2.36. The summed E-state index contributed by atoms with van der Waals surface area (Å²) in [5.41, 5.74) is 2.46. The van der Waals surface area contributed by atoms with Gasteiger partial charge in [0.1, 0.15) is 11.5 Å². The monoisotopic (exact) mass is 381 g/mol. The molecule has 1 aromatic carbocycles. The van der Waals surface area contributed by atoms with Crippen LogP contribution in [0.25, 0.3) is 5.65 Å². The minimum Gasteiger partial charge on any atom is -0.372 e. The van der Waals surface area contributed by atoms with Crippen LogP contribution in [0.4, 0.5) is 4.39 Å². The first-order valence-corrected chi connectivity index (χ1v) is 9.62. The molecule has 0 saturated carbocycles. The fourth-order valence-electron chi connectivity index (χ4n) is 4.01. The number of rotatable bonds is 4. The van der Waals surface area contributed by atoms with Crippen molar-refractivity contribution < 1.29 is 13.9 Å². The van der Waals surface area contributed by atoms with Crippen molar-refractivity contribution in [1.82, 2.24) is 14.3 Å². The second kappa shape index (κ2) is 7.72. The van der Waals surface area contributed by atoms with Gasteiger partial charge in [-0.25, -0.2) is 9.37 Å². The number of nitrogens with zero attached hydrogens (tertiary/aromatic N) is 3. The molecule has 6 heteroatoms. The Hall–Kier alpha value is -2.73. The first-order chi connectivity index (χ1) is 13.5. The van der Waals surface area contributed by atoms with Gasteiger partial charge in [-0.15, -0.1) is 0 Å². The van der Waals surface area contributed by atoms with E-state index in [1.54, 1.807) is 12.3 Å². The molecule has 146 valence electrons. The Labute approximate surface area is 163 Å². The molecule has 0 bridgehead atoms. The number of hydrogen-bond donors (Lipinski definition) is 0. The van der Waals surface area contributed by atoms with Crippen LogP contribution in [0, 0.1) is 5.82 Å². The number of aromatic nitrogens is 2. The summed E-state index contributed by atoms with van der Waals surface area (Å²) < 4.78 is 21.7. The number of fused-ring (bicyclic) bond motifs is 1. The lowest BCUT2D eigenvalue weighted by Crippen LogP contribution is -2.48. The van der Waals surface area contributed by atoms with E-state index < -0.39 is 0 Å². The Balaban J connectivity index is 1.68. The standard InChI is InChI=1S/C22H24FN3O2/c1-15-13-25(14-16(2)28-15)22(27)11-19(17-6-5-7-18(23)10-17)20-12-24-21-8-3-4-9-26(20)21/h3-10,12,15-16,19H,11,13-14H2,1-2H3. The molecular formula is C22H24FN3O2. The smallest absolute Gasteiger partial charge is 0.223 e. The molecule has 0 N–H and O–H groups in total. The van der Waals surface area contributed by atoms with Gasteiger partial charge in [0.05, 0.1) is 17.9 Å². The van der Waals surface area contributed by atoms with Crippen LogP contribution in [0.2, 0.25) is 0 Å². The fourth-order valence-corrected chi connectivity index (χ4v) is 4.01. The number of carbonyl (C=O) groups is 1. The topological polar surface area (TPSA) is 46.8 Å². The SMILES string of the molecule is CC1CN(C(=O)CC(c2cccc(F)c2)c2cnc3ccccn23)CC(C)O1. The van der Waals surface area contributed by atoms with Gasteiger partial charge < -0.3 is 14.0 Å². The van der Waals surface area contributed by atoms with Crippen LogP contribution in [0.5, 0.6) is 0 Å². The van der Waals surface area contributed by atoms with Crippen molar-refractivity contribution >= 4 is 11.6 Å². The maximum atomic E-state index is 13.9. The molecule has 1 fully saturated rings. The predicted octanol–water partition coefficient (Wildman–Crippen LogP) is 3.63. The number of hydrogen-bond acceptors (Lipinski definition) is 3. The maximum absolute atomic E-state index is 13.9. The molecule has 3 aromatic rings. The highest BCUT2D eigenvalue weighted by Gasteiger charge is 2.29. The van der Waals surface area contributed by atoms with Crippen molar-refractivity contribution in [2.75, 3.05) is 13.1 Å². The predicted molar refractivity (Wildman–Crippen MR) is 105 cm³/mol. The molecule has 0 aliphatic carbocycles. The van der Waals surface area contributed by atoms with Gasteiger partial charge in [0.15, 0.2) is 0 Å². The molecule has 1 aliphatic heterocycles. The number of amides is 1. The zero-order valence-electron chi connectivity index (χ0n) is 16.1. The molecule has 28 heavy (non-hydrogen) atoms. The second-order valence-electron chi connectivity index (χ2n) is 7.48. The third kappa shape index (κ3) is 3.78. The minimum atomic E-state index is -0.308. The Morgan fingerprint density at radius 3 is 2.75 bits per heavy atom. The van der Waals surface area contributed by atoms with Crippen LogP contribution in [-0.2, 0) is 9.53 Å². The van der Waals surface area contributed by atoms with E-state index in [0.717, 1.165) is 16.9 Å². The fraction of sp³-hybridized carbons (Fsp3) is 0.364.